The summed E-state index contributed by atoms with van der Waals surface area (Å²) in [6, 6.07) is 8.16. The molecule has 0 aliphatic carbocycles. The Hall–Kier alpha value is -0.990. The standard InChI is InChI=1S/C13H16ClNO/c1-15-13(11-5-3-7-16-9-11)10-4-2-6-12(14)8-10/h2,4,6,8-9,13,15H,3,5,7H2,1H3. The first-order valence-corrected chi connectivity index (χ1v) is 5.92. The van der Waals surface area contributed by atoms with E-state index in [0.29, 0.717) is 0 Å². The van der Waals surface area contributed by atoms with Gasteiger partial charge in [0.25, 0.3) is 0 Å². The highest BCUT2D eigenvalue weighted by molar-refractivity contribution is 6.30. The smallest absolute Gasteiger partial charge is 0.0876 e. The molecule has 0 fully saturated rings. The number of hydrogen-bond donors (Lipinski definition) is 1. The van der Waals surface area contributed by atoms with Crippen molar-refractivity contribution in [2.24, 2.45) is 0 Å². The summed E-state index contributed by atoms with van der Waals surface area (Å²) >= 11 is 6.01. The van der Waals surface area contributed by atoms with Crippen molar-refractivity contribution in [2.75, 3.05) is 13.7 Å². The van der Waals surface area contributed by atoms with E-state index < -0.39 is 0 Å². The Morgan fingerprint density at radius 3 is 2.94 bits per heavy atom. The van der Waals surface area contributed by atoms with Gasteiger partial charge in [-0.15, -0.1) is 0 Å². The Kier molecular flexibility index (Phi) is 3.86. The summed E-state index contributed by atoms with van der Waals surface area (Å²) in [5.74, 6) is 0. The zero-order chi connectivity index (χ0) is 11.4. The lowest BCUT2D eigenvalue weighted by atomic mass is 9.95. The first kappa shape index (κ1) is 11.5. The van der Waals surface area contributed by atoms with Crippen LogP contribution in [0, 0.1) is 0 Å². The minimum Gasteiger partial charge on any atom is -0.501 e. The summed E-state index contributed by atoms with van der Waals surface area (Å²) in [5, 5.41) is 4.08. The van der Waals surface area contributed by atoms with Crippen LogP contribution in [0.15, 0.2) is 36.1 Å². The molecule has 1 unspecified atom stereocenters. The van der Waals surface area contributed by atoms with Crippen molar-refractivity contribution in [3.63, 3.8) is 0 Å². The maximum absolute atomic E-state index is 6.01. The number of nitrogens with one attached hydrogen (secondary N) is 1. The molecule has 1 N–H and O–H groups in total. The molecule has 2 rings (SSSR count). The maximum atomic E-state index is 6.01. The quantitative estimate of drug-likeness (QED) is 0.871. The van der Waals surface area contributed by atoms with Gasteiger partial charge >= 0.3 is 0 Å². The minimum atomic E-state index is 0.207. The van der Waals surface area contributed by atoms with Crippen molar-refractivity contribution in [2.45, 2.75) is 18.9 Å². The SMILES string of the molecule is CNC(C1=COCCC1)c1cccc(Cl)c1. The molecule has 1 heterocycles. The minimum absolute atomic E-state index is 0.207. The second-order valence-corrected chi connectivity index (χ2v) is 4.38. The van der Waals surface area contributed by atoms with Gasteiger partial charge in [-0.2, -0.15) is 0 Å². The number of likely N-dealkylation sites (N-methyl/N-ethyl adjacent to an activating group) is 1. The zero-order valence-electron chi connectivity index (χ0n) is 9.37. The van der Waals surface area contributed by atoms with Crippen LogP contribution in [-0.4, -0.2) is 13.7 Å². The van der Waals surface area contributed by atoms with Crippen molar-refractivity contribution >= 4 is 11.6 Å². The van der Waals surface area contributed by atoms with Crippen LogP contribution in [0.2, 0.25) is 5.02 Å². The molecule has 2 nitrogen and oxygen atoms in total. The molecule has 0 saturated heterocycles. The molecular formula is C13H16ClNO. The van der Waals surface area contributed by atoms with Crippen LogP contribution in [0.1, 0.15) is 24.4 Å². The van der Waals surface area contributed by atoms with E-state index in [0.717, 1.165) is 24.5 Å². The predicted molar refractivity (Wildman–Crippen MR) is 66.5 cm³/mol. The van der Waals surface area contributed by atoms with Crippen LogP contribution in [0.5, 0.6) is 0 Å². The first-order valence-electron chi connectivity index (χ1n) is 5.54. The molecule has 16 heavy (non-hydrogen) atoms. The summed E-state index contributed by atoms with van der Waals surface area (Å²) in [6.07, 6.45) is 4.05. The van der Waals surface area contributed by atoms with Crippen molar-refractivity contribution in [3.05, 3.63) is 46.7 Å². The van der Waals surface area contributed by atoms with E-state index in [9.17, 15) is 0 Å². The molecule has 0 bridgehead atoms. The number of benzene rings is 1. The number of hydrogen-bond acceptors (Lipinski definition) is 2. The summed E-state index contributed by atoms with van der Waals surface area (Å²) in [7, 11) is 1.96. The van der Waals surface area contributed by atoms with Gasteiger partial charge in [0, 0.05) is 5.02 Å². The van der Waals surface area contributed by atoms with Crippen molar-refractivity contribution in [1.29, 1.82) is 0 Å². The Balaban J connectivity index is 2.25. The Morgan fingerprint density at radius 1 is 1.44 bits per heavy atom. The molecule has 0 spiro atoms. The summed E-state index contributed by atoms with van der Waals surface area (Å²) < 4.78 is 5.38. The summed E-state index contributed by atoms with van der Waals surface area (Å²) in [5.41, 5.74) is 2.47. The average Bonchev–Trinajstić information content (AvgIpc) is 2.31. The first-order chi connectivity index (χ1) is 7.81. The fraction of sp³-hybridized carbons (Fsp3) is 0.385. The lowest BCUT2D eigenvalue weighted by molar-refractivity contribution is 0.220. The van der Waals surface area contributed by atoms with Crippen molar-refractivity contribution in [1.82, 2.24) is 5.32 Å². The van der Waals surface area contributed by atoms with Gasteiger partial charge in [0.05, 0.1) is 18.9 Å². The highest BCUT2D eigenvalue weighted by atomic mass is 35.5. The lowest BCUT2D eigenvalue weighted by Crippen LogP contribution is -2.20. The van der Waals surface area contributed by atoms with Crippen LogP contribution < -0.4 is 5.32 Å². The second-order valence-electron chi connectivity index (χ2n) is 3.94. The summed E-state index contributed by atoms with van der Waals surface area (Å²) in [4.78, 5) is 0. The fourth-order valence-corrected chi connectivity index (χ4v) is 2.25. The number of rotatable bonds is 3. The van der Waals surface area contributed by atoms with E-state index >= 15 is 0 Å². The van der Waals surface area contributed by atoms with Gasteiger partial charge in [-0.1, -0.05) is 23.7 Å². The maximum Gasteiger partial charge on any atom is 0.0876 e. The highest BCUT2D eigenvalue weighted by Gasteiger charge is 2.17. The van der Waals surface area contributed by atoms with Crippen molar-refractivity contribution in [3.8, 4) is 0 Å². The van der Waals surface area contributed by atoms with Gasteiger partial charge in [-0.05, 0) is 43.2 Å². The van der Waals surface area contributed by atoms with Gasteiger partial charge in [0.1, 0.15) is 0 Å². The molecular weight excluding hydrogens is 222 g/mol. The summed E-state index contributed by atoms with van der Waals surface area (Å²) in [6.45, 7) is 0.829. The van der Waals surface area contributed by atoms with Crippen LogP contribution in [0.3, 0.4) is 0 Å². The van der Waals surface area contributed by atoms with E-state index in [-0.39, 0.29) is 6.04 Å². The lowest BCUT2D eigenvalue weighted by Gasteiger charge is -2.23. The number of halogens is 1. The van der Waals surface area contributed by atoms with Crippen LogP contribution in [0.4, 0.5) is 0 Å². The monoisotopic (exact) mass is 237 g/mol. The van der Waals surface area contributed by atoms with E-state index in [2.05, 4.69) is 11.4 Å². The molecule has 3 heteroatoms. The van der Waals surface area contributed by atoms with Gasteiger partial charge in [-0.25, -0.2) is 0 Å². The molecule has 86 valence electrons. The van der Waals surface area contributed by atoms with Crippen LogP contribution in [-0.2, 0) is 4.74 Å². The predicted octanol–water partition coefficient (Wildman–Crippen LogP) is 3.29. The molecule has 0 radical (unpaired) electrons. The Bertz CT molecular complexity index is 389. The van der Waals surface area contributed by atoms with E-state index in [4.69, 9.17) is 16.3 Å². The highest BCUT2D eigenvalue weighted by Crippen LogP contribution is 2.28. The van der Waals surface area contributed by atoms with E-state index in [1.807, 2.05) is 31.5 Å². The molecule has 0 aromatic heterocycles. The molecule has 0 saturated carbocycles. The average molecular weight is 238 g/mol. The normalized spacial score (nSPS) is 17.5. The Labute approximate surface area is 101 Å². The number of ether oxygens (including phenoxy) is 1. The van der Waals surface area contributed by atoms with E-state index in [1.165, 1.54) is 11.1 Å². The van der Waals surface area contributed by atoms with Crippen molar-refractivity contribution < 1.29 is 4.74 Å². The van der Waals surface area contributed by atoms with E-state index in [1.54, 1.807) is 0 Å². The zero-order valence-corrected chi connectivity index (χ0v) is 10.1. The third-order valence-corrected chi connectivity index (χ3v) is 3.04. The van der Waals surface area contributed by atoms with Gasteiger partial charge in [-0.3, -0.25) is 0 Å². The van der Waals surface area contributed by atoms with Gasteiger partial charge in [0.2, 0.25) is 0 Å². The van der Waals surface area contributed by atoms with Crippen LogP contribution >= 0.6 is 11.6 Å². The van der Waals surface area contributed by atoms with Gasteiger partial charge in [0.15, 0.2) is 0 Å². The molecule has 1 aliphatic rings. The molecule has 0 amide bonds. The molecule has 1 aliphatic heterocycles. The van der Waals surface area contributed by atoms with Gasteiger partial charge < -0.3 is 10.1 Å². The third-order valence-electron chi connectivity index (χ3n) is 2.80. The molecule has 1 aromatic rings. The largest absolute Gasteiger partial charge is 0.501 e. The fourth-order valence-electron chi connectivity index (χ4n) is 2.05. The third kappa shape index (κ3) is 2.57. The molecule has 1 aromatic carbocycles. The Morgan fingerprint density at radius 2 is 2.31 bits per heavy atom. The topological polar surface area (TPSA) is 21.3 Å². The molecule has 1 atom stereocenters. The van der Waals surface area contributed by atoms with Crippen LogP contribution in [0.25, 0.3) is 0 Å². The second kappa shape index (κ2) is 5.37.